The number of rotatable bonds is 6. The highest BCUT2D eigenvalue weighted by molar-refractivity contribution is 5.67. The summed E-state index contributed by atoms with van der Waals surface area (Å²) >= 11 is 0. The van der Waals surface area contributed by atoms with E-state index in [0.717, 1.165) is 19.5 Å². The zero-order valence-electron chi connectivity index (χ0n) is 14.7. The summed E-state index contributed by atoms with van der Waals surface area (Å²) in [5.41, 5.74) is -0.0664. The summed E-state index contributed by atoms with van der Waals surface area (Å²) in [5, 5.41) is 3.46. The first-order valence-electron chi connectivity index (χ1n) is 7.55. The Labute approximate surface area is 125 Å². The normalized spacial score (nSPS) is 14.0. The standard InChI is InChI=1S/C16H34N2O2/c1-13(11-17-10-9-15(2,3)4)12-18(8)14(19)20-16(5,6)7/h13,17H,9-12H2,1-8H3. The summed E-state index contributed by atoms with van der Waals surface area (Å²) in [6, 6.07) is 0. The second-order valence-electron chi connectivity index (χ2n) is 7.98. The topological polar surface area (TPSA) is 41.6 Å². The van der Waals surface area contributed by atoms with E-state index in [0.29, 0.717) is 17.9 Å². The molecule has 0 fully saturated rings. The molecule has 0 aliphatic carbocycles. The van der Waals surface area contributed by atoms with Crippen LogP contribution in [-0.4, -0.2) is 43.3 Å². The number of hydrogen-bond acceptors (Lipinski definition) is 3. The highest BCUT2D eigenvalue weighted by Crippen LogP contribution is 2.17. The summed E-state index contributed by atoms with van der Waals surface area (Å²) in [4.78, 5) is 13.5. The molecule has 0 aromatic carbocycles. The van der Waals surface area contributed by atoms with E-state index in [2.05, 4.69) is 33.0 Å². The van der Waals surface area contributed by atoms with Crippen molar-refractivity contribution in [2.24, 2.45) is 11.3 Å². The van der Waals surface area contributed by atoms with Crippen LogP contribution in [0.25, 0.3) is 0 Å². The van der Waals surface area contributed by atoms with Gasteiger partial charge in [0.15, 0.2) is 0 Å². The molecule has 4 heteroatoms. The monoisotopic (exact) mass is 286 g/mol. The zero-order valence-corrected chi connectivity index (χ0v) is 14.7. The van der Waals surface area contributed by atoms with Gasteiger partial charge in [0.25, 0.3) is 0 Å². The summed E-state index contributed by atoms with van der Waals surface area (Å²) in [5.74, 6) is 0.410. The van der Waals surface area contributed by atoms with Crippen molar-refractivity contribution in [3.8, 4) is 0 Å². The van der Waals surface area contributed by atoms with Crippen molar-refractivity contribution in [2.75, 3.05) is 26.7 Å². The molecule has 0 aliphatic rings. The summed E-state index contributed by atoms with van der Waals surface area (Å²) < 4.78 is 5.34. The molecule has 0 aromatic heterocycles. The number of carbonyl (C=O) groups is 1. The highest BCUT2D eigenvalue weighted by atomic mass is 16.6. The molecule has 0 spiro atoms. The number of amides is 1. The van der Waals surface area contributed by atoms with Crippen LogP contribution in [0.15, 0.2) is 0 Å². The van der Waals surface area contributed by atoms with Crippen molar-refractivity contribution in [1.82, 2.24) is 10.2 Å². The smallest absolute Gasteiger partial charge is 0.410 e. The molecular formula is C16H34N2O2. The first-order valence-corrected chi connectivity index (χ1v) is 7.55. The minimum absolute atomic E-state index is 0.251. The van der Waals surface area contributed by atoms with E-state index >= 15 is 0 Å². The molecule has 0 radical (unpaired) electrons. The minimum atomic E-state index is -0.431. The minimum Gasteiger partial charge on any atom is -0.444 e. The molecule has 120 valence electrons. The van der Waals surface area contributed by atoms with Gasteiger partial charge in [-0.05, 0) is 51.6 Å². The first-order chi connectivity index (χ1) is 8.91. The summed E-state index contributed by atoms with van der Waals surface area (Å²) in [7, 11) is 1.79. The van der Waals surface area contributed by atoms with Gasteiger partial charge < -0.3 is 15.0 Å². The molecule has 0 saturated heterocycles. The Morgan fingerprint density at radius 3 is 2.20 bits per heavy atom. The molecule has 0 bridgehead atoms. The lowest BCUT2D eigenvalue weighted by molar-refractivity contribution is 0.0277. The Balaban J connectivity index is 3.90. The Morgan fingerprint density at radius 2 is 1.75 bits per heavy atom. The molecule has 0 saturated carbocycles. The van der Waals surface area contributed by atoms with Gasteiger partial charge in [-0.15, -0.1) is 0 Å². The number of hydrogen-bond donors (Lipinski definition) is 1. The maximum atomic E-state index is 11.8. The van der Waals surface area contributed by atoms with Crippen LogP contribution >= 0.6 is 0 Å². The van der Waals surface area contributed by atoms with Crippen molar-refractivity contribution < 1.29 is 9.53 Å². The highest BCUT2D eigenvalue weighted by Gasteiger charge is 2.20. The van der Waals surface area contributed by atoms with E-state index < -0.39 is 5.60 Å². The van der Waals surface area contributed by atoms with Crippen molar-refractivity contribution in [1.29, 1.82) is 0 Å². The van der Waals surface area contributed by atoms with Crippen LogP contribution in [0.1, 0.15) is 54.9 Å². The fraction of sp³-hybridized carbons (Fsp3) is 0.938. The van der Waals surface area contributed by atoms with Gasteiger partial charge in [-0.2, -0.15) is 0 Å². The number of nitrogens with one attached hydrogen (secondary N) is 1. The van der Waals surface area contributed by atoms with Gasteiger partial charge in [0.2, 0.25) is 0 Å². The predicted molar refractivity (Wildman–Crippen MR) is 85.0 cm³/mol. The van der Waals surface area contributed by atoms with Crippen molar-refractivity contribution in [2.45, 2.75) is 60.5 Å². The quantitative estimate of drug-likeness (QED) is 0.760. The van der Waals surface area contributed by atoms with E-state index in [-0.39, 0.29) is 6.09 Å². The molecule has 0 rings (SSSR count). The molecular weight excluding hydrogens is 252 g/mol. The molecule has 0 heterocycles. The van der Waals surface area contributed by atoms with E-state index in [4.69, 9.17) is 4.74 Å². The van der Waals surface area contributed by atoms with Gasteiger partial charge in [0.1, 0.15) is 5.60 Å². The van der Waals surface area contributed by atoms with Gasteiger partial charge >= 0.3 is 6.09 Å². The zero-order chi connectivity index (χ0) is 16.0. The van der Waals surface area contributed by atoms with Crippen LogP contribution in [0.2, 0.25) is 0 Å². The molecule has 1 N–H and O–H groups in total. The van der Waals surface area contributed by atoms with E-state index in [1.165, 1.54) is 0 Å². The average Bonchev–Trinajstić information content (AvgIpc) is 2.20. The largest absolute Gasteiger partial charge is 0.444 e. The van der Waals surface area contributed by atoms with E-state index in [1.807, 2.05) is 20.8 Å². The third-order valence-corrected chi connectivity index (χ3v) is 2.84. The van der Waals surface area contributed by atoms with Gasteiger partial charge in [-0.1, -0.05) is 27.7 Å². The maximum absolute atomic E-state index is 11.8. The lowest BCUT2D eigenvalue weighted by Crippen LogP contribution is -2.38. The SMILES string of the molecule is CC(CNCCC(C)(C)C)CN(C)C(=O)OC(C)(C)C. The van der Waals surface area contributed by atoms with Gasteiger partial charge in [-0.3, -0.25) is 0 Å². The van der Waals surface area contributed by atoms with Crippen molar-refractivity contribution in [3.05, 3.63) is 0 Å². The second kappa shape index (κ2) is 7.87. The average molecular weight is 286 g/mol. The number of carbonyl (C=O) groups excluding carboxylic acids is 1. The molecule has 1 atom stereocenters. The molecule has 1 unspecified atom stereocenters. The summed E-state index contributed by atoms with van der Waals surface area (Å²) in [6.45, 7) is 17.2. The van der Waals surface area contributed by atoms with Gasteiger partial charge in [0.05, 0.1) is 0 Å². The fourth-order valence-electron chi connectivity index (χ4n) is 1.76. The van der Waals surface area contributed by atoms with Crippen LogP contribution in [-0.2, 0) is 4.74 Å². The van der Waals surface area contributed by atoms with Crippen molar-refractivity contribution in [3.63, 3.8) is 0 Å². The van der Waals surface area contributed by atoms with Crippen LogP contribution in [0.5, 0.6) is 0 Å². The van der Waals surface area contributed by atoms with Crippen LogP contribution in [0, 0.1) is 11.3 Å². The third-order valence-electron chi connectivity index (χ3n) is 2.84. The Bertz CT molecular complexity index is 290. The van der Waals surface area contributed by atoms with Crippen molar-refractivity contribution >= 4 is 6.09 Å². The van der Waals surface area contributed by atoms with E-state index in [1.54, 1.807) is 11.9 Å². The van der Waals surface area contributed by atoms with Crippen LogP contribution in [0.4, 0.5) is 4.79 Å². The first kappa shape index (κ1) is 19.2. The van der Waals surface area contributed by atoms with Crippen LogP contribution in [0.3, 0.4) is 0 Å². The third kappa shape index (κ3) is 11.1. The lowest BCUT2D eigenvalue weighted by atomic mass is 9.92. The predicted octanol–water partition coefficient (Wildman–Crippen LogP) is 3.52. The Kier molecular flexibility index (Phi) is 7.56. The molecule has 4 nitrogen and oxygen atoms in total. The Hall–Kier alpha value is -0.770. The van der Waals surface area contributed by atoms with E-state index in [9.17, 15) is 4.79 Å². The number of nitrogens with zero attached hydrogens (tertiary/aromatic N) is 1. The molecule has 20 heavy (non-hydrogen) atoms. The molecule has 0 aromatic rings. The molecule has 0 aliphatic heterocycles. The molecule has 1 amide bonds. The van der Waals surface area contributed by atoms with Gasteiger partial charge in [0, 0.05) is 13.6 Å². The van der Waals surface area contributed by atoms with Gasteiger partial charge in [-0.25, -0.2) is 4.79 Å². The summed E-state index contributed by atoms with van der Waals surface area (Å²) in [6.07, 6.45) is 0.904. The number of ether oxygens (including phenoxy) is 1. The lowest BCUT2D eigenvalue weighted by Gasteiger charge is -2.26. The fourth-order valence-corrected chi connectivity index (χ4v) is 1.76. The maximum Gasteiger partial charge on any atom is 0.410 e. The second-order valence-corrected chi connectivity index (χ2v) is 7.98. The Morgan fingerprint density at radius 1 is 1.20 bits per heavy atom. The van der Waals surface area contributed by atoms with Crippen LogP contribution < -0.4 is 5.32 Å².